The molecule has 0 bridgehead atoms. The van der Waals surface area contributed by atoms with E-state index in [1.54, 1.807) is 31.2 Å². The summed E-state index contributed by atoms with van der Waals surface area (Å²) in [5.41, 5.74) is 2.43. The van der Waals surface area contributed by atoms with Crippen LogP contribution in [0.25, 0.3) is 0 Å². The summed E-state index contributed by atoms with van der Waals surface area (Å²) >= 11 is 6.17. The normalized spacial score (nSPS) is 11.7. The molecule has 5 nitrogen and oxygen atoms in total. The minimum absolute atomic E-state index is 0.166. The average molecular weight is 421 g/mol. The fraction of sp³-hybridized carbons (Fsp3) is 0.364. The van der Waals surface area contributed by atoms with E-state index >= 15 is 0 Å². The molecule has 0 aliphatic heterocycles. The van der Waals surface area contributed by atoms with Crippen molar-refractivity contribution in [1.82, 2.24) is 10.2 Å². The van der Waals surface area contributed by atoms with Crippen molar-refractivity contribution in [2.24, 2.45) is 0 Å². The Kier molecular flexibility index (Phi) is 8.02. The molecule has 2 aromatic rings. The topological polar surface area (TPSA) is 58.6 Å². The summed E-state index contributed by atoms with van der Waals surface area (Å²) in [6.45, 7) is 7.59. The number of rotatable bonds is 8. The summed E-state index contributed by atoms with van der Waals surface area (Å²) in [4.78, 5) is 26.6. The largest absolute Gasteiger partial charge is 0.484 e. The molecular formula is C22H26ClFN2O3. The molecule has 0 saturated carbocycles. The highest BCUT2D eigenvalue weighted by Gasteiger charge is 2.26. The Morgan fingerprint density at radius 2 is 1.76 bits per heavy atom. The van der Waals surface area contributed by atoms with E-state index in [4.69, 9.17) is 16.3 Å². The van der Waals surface area contributed by atoms with Gasteiger partial charge in [-0.1, -0.05) is 23.7 Å². The zero-order valence-corrected chi connectivity index (χ0v) is 17.8. The van der Waals surface area contributed by atoms with Gasteiger partial charge in [-0.15, -0.1) is 0 Å². The number of likely N-dealkylation sites (N-methyl/N-ethyl adjacent to an activating group) is 1. The molecule has 2 rings (SSSR count). The molecule has 0 aliphatic carbocycles. The number of aryl methyl sites for hydroxylation is 2. The van der Waals surface area contributed by atoms with Crippen molar-refractivity contribution in [2.75, 3.05) is 13.2 Å². The first-order valence-corrected chi connectivity index (χ1v) is 9.81. The number of amides is 2. The molecule has 0 heterocycles. The third kappa shape index (κ3) is 6.19. The number of halogens is 2. The summed E-state index contributed by atoms with van der Waals surface area (Å²) in [6.07, 6.45) is 0. The molecule has 0 spiro atoms. The highest BCUT2D eigenvalue weighted by Crippen LogP contribution is 2.26. The van der Waals surface area contributed by atoms with Gasteiger partial charge < -0.3 is 15.0 Å². The van der Waals surface area contributed by atoms with Crippen LogP contribution in [0.3, 0.4) is 0 Å². The molecule has 0 saturated heterocycles. The smallest absolute Gasteiger partial charge is 0.261 e. The maximum atomic E-state index is 13.2. The maximum absolute atomic E-state index is 13.2. The number of ether oxygens (including phenoxy) is 1. The fourth-order valence-corrected chi connectivity index (χ4v) is 3.02. The predicted octanol–water partition coefficient (Wildman–Crippen LogP) is 4.03. The van der Waals surface area contributed by atoms with Crippen molar-refractivity contribution in [1.29, 1.82) is 0 Å². The van der Waals surface area contributed by atoms with E-state index in [1.165, 1.54) is 17.0 Å². The van der Waals surface area contributed by atoms with Crippen molar-refractivity contribution >= 4 is 23.4 Å². The van der Waals surface area contributed by atoms with Crippen LogP contribution >= 0.6 is 11.6 Å². The third-order valence-electron chi connectivity index (χ3n) is 4.56. The van der Waals surface area contributed by atoms with Gasteiger partial charge in [0.15, 0.2) is 6.61 Å². The van der Waals surface area contributed by atoms with Crippen LogP contribution < -0.4 is 10.1 Å². The monoisotopic (exact) mass is 420 g/mol. The van der Waals surface area contributed by atoms with Crippen LogP contribution in [0.1, 0.15) is 30.5 Å². The second kappa shape index (κ2) is 10.3. The minimum atomic E-state index is -0.704. The molecular weight excluding hydrogens is 395 g/mol. The SMILES string of the molecule is CCNC(=O)[C@@H](C)N(Cc1ccc(F)cc1)C(=O)COc1cc(C)c(Cl)c(C)c1. The number of hydrogen-bond donors (Lipinski definition) is 1. The molecule has 0 fully saturated rings. The maximum Gasteiger partial charge on any atom is 0.261 e. The van der Waals surface area contributed by atoms with Gasteiger partial charge in [0.2, 0.25) is 5.91 Å². The van der Waals surface area contributed by atoms with Gasteiger partial charge in [-0.2, -0.15) is 0 Å². The van der Waals surface area contributed by atoms with Crippen LogP contribution in [-0.4, -0.2) is 35.9 Å². The second-order valence-corrected chi connectivity index (χ2v) is 7.26. The molecule has 0 aromatic heterocycles. The summed E-state index contributed by atoms with van der Waals surface area (Å²) < 4.78 is 18.9. The Labute approximate surface area is 175 Å². The van der Waals surface area contributed by atoms with Crippen molar-refractivity contribution in [3.63, 3.8) is 0 Å². The van der Waals surface area contributed by atoms with Crippen LogP contribution in [0.15, 0.2) is 36.4 Å². The Balaban J connectivity index is 2.16. The van der Waals surface area contributed by atoms with Gasteiger partial charge in [0.25, 0.3) is 5.91 Å². The lowest BCUT2D eigenvalue weighted by molar-refractivity contribution is -0.142. The lowest BCUT2D eigenvalue weighted by Gasteiger charge is -2.28. The Morgan fingerprint density at radius 1 is 1.17 bits per heavy atom. The predicted molar refractivity (Wildman–Crippen MR) is 112 cm³/mol. The van der Waals surface area contributed by atoms with Crippen LogP contribution in [0.2, 0.25) is 5.02 Å². The second-order valence-electron chi connectivity index (χ2n) is 6.88. The minimum Gasteiger partial charge on any atom is -0.484 e. The van der Waals surface area contributed by atoms with Crippen molar-refractivity contribution < 1.29 is 18.7 Å². The number of nitrogens with one attached hydrogen (secondary N) is 1. The van der Waals surface area contributed by atoms with E-state index in [0.29, 0.717) is 22.9 Å². The summed E-state index contributed by atoms with van der Waals surface area (Å²) in [7, 11) is 0. The molecule has 1 N–H and O–H groups in total. The van der Waals surface area contributed by atoms with E-state index < -0.39 is 6.04 Å². The van der Waals surface area contributed by atoms with Gasteiger partial charge >= 0.3 is 0 Å². The zero-order chi connectivity index (χ0) is 21.6. The molecule has 0 aliphatic rings. The van der Waals surface area contributed by atoms with Gasteiger partial charge in [0.05, 0.1) is 0 Å². The number of benzene rings is 2. The molecule has 29 heavy (non-hydrogen) atoms. The van der Waals surface area contributed by atoms with Gasteiger partial charge in [-0.05, 0) is 68.7 Å². The zero-order valence-electron chi connectivity index (χ0n) is 17.1. The van der Waals surface area contributed by atoms with Crippen LogP contribution in [0.4, 0.5) is 4.39 Å². The molecule has 2 aromatic carbocycles. The highest BCUT2D eigenvalue weighted by atomic mass is 35.5. The Morgan fingerprint density at radius 3 is 2.31 bits per heavy atom. The summed E-state index contributed by atoms with van der Waals surface area (Å²) in [5.74, 6) is -0.440. The average Bonchev–Trinajstić information content (AvgIpc) is 2.69. The lowest BCUT2D eigenvalue weighted by Crippen LogP contribution is -2.49. The third-order valence-corrected chi connectivity index (χ3v) is 5.15. The molecule has 0 radical (unpaired) electrons. The number of nitrogens with zero attached hydrogens (tertiary/aromatic N) is 1. The first-order chi connectivity index (χ1) is 13.7. The quantitative estimate of drug-likeness (QED) is 0.701. The highest BCUT2D eigenvalue weighted by molar-refractivity contribution is 6.32. The first-order valence-electron chi connectivity index (χ1n) is 9.44. The van der Waals surface area contributed by atoms with Crippen molar-refractivity contribution in [2.45, 2.75) is 40.3 Å². The van der Waals surface area contributed by atoms with E-state index in [1.807, 2.05) is 20.8 Å². The molecule has 7 heteroatoms. The van der Waals surface area contributed by atoms with E-state index in [-0.39, 0.29) is 30.8 Å². The van der Waals surface area contributed by atoms with Crippen LogP contribution in [-0.2, 0) is 16.1 Å². The van der Waals surface area contributed by atoms with E-state index in [9.17, 15) is 14.0 Å². The van der Waals surface area contributed by atoms with Gasteiger partial charge in [-0.3, -0.25) is 9.59 Å². The summed E-state index contributed by atoms with van der Waals surface area (Å²) in [5, 5.41) is 3.38. The summed E-state index contributed by atoms with van der Waals surface area (Å²) in [6, 6.07) is 8.65. The molecule has 2 amide bonds. The molecule has 1 atom stereocenters. The lowest BCUT2D eigenvalue weighted by atomic mass is 10.1. The van der Waals surface area contributed by atoms with Crippen molar-refractivity contribution in [3.05, 3.63) is 63.9 Å². The number of hydrogen-bond acceptors (Lipinski definition) is 3. The van der Waals surface area contributed by atoms with Gasteiger partial charge in [0, 0.05) is 18.1 Å². The number of carbonyl (C=O) groups is 2. The molecule has 0 unspecified atom stereocenters. The van der Waals surface area contributed by atoms with Gasteiger partial charge in [0.1, 0.15) is 17.6 Å². The van der Waals surface area contributed by atoms with Crippen molar-refractivity contribution in [3.8, 4) is 5.75 Å². The molecule has 156 valence electrons. The Bertz CT molecular complexity index is 848. The van der Waals surface area contributed by atoms with E-state index in [2.05, 4.69) is 5.32 Å². The Hall–Kier alpha value is -2.60. The number of carbonyl (C=O) groups excluding carboxylic acids is 2. The van der Waals surface area contributed by atoms with Crippen LogP contribution in [0, 0.1) is 19.7 Å². The standard InChI is InChI=1S/C22H26ClFN2O3/c1-5-25-22(28)16(4)26(12-17-6-8-18(24)9-7-17)20(27)13-29-19-10-14(2)21(23)15(3)11-19/h6-11,16H,5,12-13H2,1-4H3,(H,25,28)/t16-/m1/s1. The van der Waals surface area contributed by atoms with E-state index in [0.717, 1.165) is 11.1 Å². The van der Waals surface area contributed by atoms with Gasteiger partial charge in [-0.25, -0.2) is 4.39 Å². The van der Waals surface area contributed by atoms with Crippen LogP contribution in [0.5, 0.6) is 5.75 Å². The fourth-order valence-electron chi connectivity index (χ4n) is 2.91. The first kappa shape index (κ1) is 22.7.